The lowest BCUT2D eigenvalue weighted by Gasteiger charge is -2.30. The Morgan fingerprint density at radius 1 is 0.933 bits per heavy atom. The fraction of sp³-hybridized carbons (Fsp3) is 0.333. The van der Waals surface area contributed by atoms with E-state index in [2.05, 4.69) is 34.1 Å². The van der Waals surface area contributed by atoms with Gasteiger partial charge >= 0.3 is 5.97 Å². The number of rotatable bonds is 7. The Hall–Kier alpha value is -4.63. The molecule has 45 heavy (non-hydrogen) atoms. The number of carbonyl (C=O) groups excluding carboxylic acids is 1. The maximum absolute atomic E-state index is 14.7. The van der Waals surface area contributed by atoms with Crippen molar-refractivity contribution in [1.29, 1.82) is 0 Å². The number of imidazole rings is 1. The number of benzene rings is 2. The van der Waals surface area contributed by atoms with Crippen molar-refractivity contribution in [2.24, 2.45) is 11.8 Å². The van der Waals surface area contributed by atoms with Crippen LogP contribution in [0.2, 0.25) is 0 Å². The van der Waals surface area contributed by atoms with Gasteiger partial charge in [0.25, 0.3) is 0 Å². The minimum absolute atomic E-state index is 0.0563. The SMILES string of the molecule is COC(=O)[C@H]1CC[C@@H](CN2CC[C@H](c3ccc(-n4c(-c5cccnc5N)nc5ccc(-c6ccccc6F)nc54)cc3)C2)CC1. The summed E-state index contributed by atoms with van der Waals surface area (Å²) >= 11 is 0. The largest absolute Gasteiger partial charge is 0.469 e. The van der Waals surface area contributed by atoms with Gasteiger partial charge in [-0.1, -0.05) is 24.3 Å². The fourth-order valence-electron chi connectivity index (χ4n) is 7.09. The Morgan fingerprint density at radius 3 is 2.47 bits per heavy atom. The highest BCUT2D eigenvalue weighted by Gasteiger charge is 2.31. The third-order valence-corrected chi connectivity index (χ3v) is 9.53. The Bertz CT molecular complexity index is 1830. The number of nitrogens with two attached hydrogens (primary N) is 1. The second kappa shape index (κ2) is 12.4. The van der Waals surface area contributed by atoms with Gasteiger partial charge in [0, 0.05) is 30.5 Å². The second-order valence-electron chi connectivity index (χ2n) is 12.3. The number of hydrogen-bond acceptors (Lipinski definition) is 7. The lowest BCUT2D eigenvalue weighted by Crippen LogP contribution is -2.31. The minimum Gasteiger partial charge on any atom is -0.469 e. The number of pyridine rings is 2. The Kier molecular flexibility index (Phi) is 8.02. The molecule has 0 spiro atoms. The molecule has 0 unspecified atom stereocenters. The predicted octanol–water partition coefficient (Wildman–Crippen LogP) is 6.64. The monoisotopic (exact) mass is 604 g/mol. The van der Waals surface area contributed by atoms with E-state index >= 15 is 0 Å². The number of nitrogen functional groups attached to an aromatic ring is 1. The molecule has 7 rings (SSSR count). The van der Waals surface area contributed by atoms with Crippen LogP contribution in [0.5, 0.6) is 0 Å². The van der Waals surface area contributed by atoms with E-state index in [1.54, 1.807) is 24.4 Å². The summed E-state index contributed by atoms with van der Waals surface area (Å²) in [5, 5.41) is 0. The number of nitrogens with zero attached hydrogens (tertiary/aromatic N) is 5. The average molecular weight is 605 g/mol. The summed E-state index contributed by atoms with van der Waals surface area (Å²) in [6, 6.07) is 22.7. The number of anilines is 1. The van der Waals surface area contributed by atoms with Gasteiger partial charge in [0.1, 0.15) is 17.2 Å². The summed E-state index contributed by atoms with van der Waals surface area (Å²) in [5.41, 5.74) is 11.5. The fourth-order valence-corrected chi connectivity index (χ4v) is 7.09. The molecule has 230 valence electrons. The molecule has 8 nitrogen and oxygen atoms in total. The van der Waals surface area contributed by atoms with Crippen molar-refractivity contribution in [2.75, 3.05) is 32.5 Å². The average Bonchev–Trinajstić information content (AvgIpc) is 3.70. The van der Waals surface area contributed by atoms with E-state index in [-0.39, 0.29) is 17.7 Å². The van der Waals surface area contributed by atoms with Gasteiger partial charge in [-0.15, -0.1) is 0 Å². The molecule has 2 N–H and O–H groups in total. The molecule has 2 aromatic carbocycles. The zero-order valence-corrected chi connectivity index (χ0v) is 25.4. The minimum atomic E-state index is -0.323. The van der Waals surface area contributed by atoms with Crippen LogP contribution in [-0.4, -0.2) is 57.1 Å². The summed E-state index contributed by atoms with van der Waals surface area (Å²) in [7, 11) is 1.49. The quantitative estimate of drug-likeness (QED) is 0.208. The smallest absolute Gasteiger partial charge is 0.308 e. The van der Waals surface area contributed by atoms with Crippen molar-refractivity contribution >= 4 is 23.0 Å². The first-order valence-electron chi connectivity index (χ1n) is 15.7. The maximum atomic E-state index is 14.7. The number of halogens is 1. The van der Waals surface area contributed by atoms with Crippen LogP contribution in [-0.2, 0) is 9.53 Å². The summed E-state index contributed by atoms with van der Waals surface area (Å²) in [6.07, 6.45) is 6.82. The highest BCUT2D eigenvalue weighted by molar-refractivity contribution is 5.84. The molecule has 0 bridgehead atoms. The molecule has 3 aromatic heterocycles. The van der Waals surface area contributed by atoms with Crippen LogP contribution in [0.3, 0.4) is 0 Å². The number of ether oxygens (including phenoxy) is 1. The predicted molar refractivity (Wildman–Crippen MR) is 173 cm³/mol. The molecule has 2 aliphatic rings. The van der Waals surface area contributed by atoms with E-state index < -0.39 is 0 Å². The van der Waals surface area contributed by atoms with Gasteiger partial charge in [0.2, 0.25) is 0 Å². The van der Waals surface area contributed by atoms with Crippen LogP contribution in [0.25, 0.3) is 39.5 Å². The van der Waals surface area contributed by atoms with Gasteiger partial charge in [0.05, 0.1) is 24.3 Å². The molecule has 1 atom stereocenters. The maximum Gasteiger partial charge on any atom is 0.308 e. The number of methoxy groups -OCH3 is 1. The zero-order chi connectivity index (χ0) is 30.9. The molecule has 0 radical (unpaired) electrons. The topological polar surface area (TPSA) is 99.2 Å². The van der Waals surface area contributed by atoms with Gasteiger partial charge in [-0.25, -0.2) is 19.3 Å². The van der Waals surface area contributed by atoms with Crippen LogP contribution in [0, 0.1) is 17.7 Å². The lowest BCUT2D eigenvalue weighted by atomic mass is 9.82. The van der Waals surface area contributed by atoms with E-state index in [9.17, 15) is 9.18 Å². The highest BCUT2D eigenvalue weighted by atomic mass is 19.1. The Morgan fingerprint density at radius 2 is 1.71 bits per heavy atom. The standard InChI is InChI=1S/C36H37FN6O2/c1-45-36(44)25-10-8-23(9-11-25)21-42-20-18-26(22-42)24-12-14-27(15-13-24)43-34(29-6-4-19-39-33(29)38)41-32-17-16-31(40-35(32)43)28-5-2-3-7-30(28)37/h2-7,12-17,19,23,25-26H,8-11,18,20-22H2,1H3,(H2,38,39)/t23-,25+,26-/m0/s1. The number of fused-ring (bicyclic) bond motifs is 1. The van der Waals surface area contributed by atoms with Crippen molar-refractivity contribution in [3.05, 3.63) is 90.4 Å². The molecule has 9 heteroatoms. The first-order valence-corrected chi connectivity index (χ1v) is 15.7. The van der Waals surface area contributed by atoms with Crippen LogP contribution >= 0.6 is 0 Å². The molecule has 5 aromatic rings. The van der Waals surface area contributed by atoms with Gasteiger partial charge in [-0.05, 0) is 105 Å². The van der Waals surface area contributed by atoms with Gasteiger partial charge in [-0.3, -0.25) is 9.36 Å². The third kappa shape index (κ3) is 5.80. The number of hydrogen-bond donors (Lipinski definition) is 1. The first kappa shape index (κ1) is 29.1. The second-order valence-corrected chi connectivity index (χ2v) is 12.3. The van der Waals surface area contributed by atoms with Crippen molar-refractivity contribution in [3.63, 3.8) is 0 Å². The van der Waals surface area contributed by atoms with Crippen molar-refractivity contribution in [2.45, 2.75) is 38.0 Å². The number of aromatic nitrogens is 4. The Balaban J connectivity index is 1.15. The van der Waals surface area contributed by atoms with E-state index in [0.29, 0.717) is 51.5 Å². The Labute approximate surface area is 262 Å². The van der Waals surface area contributed by atoms with Gasteiger partial charge in [-0.2, -0.15) is 0 Å². The molecule has 1 aliphatic carbocycles. The van der Waals surface area contributed by atoms with Crippen LogP contribution in [0.1, 0.15) is 43.6 Å². The van der Waals surface area contributed by atoms with Gasteiger partial charge < -0.3 is 15.4 Å². The molecular formula is C36H37FN6O2. The van der Waals surface area contributed by atoms with E-state index in [0.717, 1.165) is 57.4 Å². The van der Waals surface area contributed by atoms with Crippen LogP contribution in [0.4, 0.5) is 10.2 Å². The van der Waals surface area contributed by atoms with Crippen LogP contribution in [0.15, 0.2) is 79.0 Å². The highest BCUT2D eigenvalue weighted by Crippen LogP contribution is 2.35. The summed E-state index contributed by atoms with van der Waals surface area (Å²) in [5.74, 6) is 1.81. The molecule has 1 saturated carbocycles. The normalized spacial score (nSPS) is 20.4. The zero-order valence-electron chi connectivity index (χ0n) is 25.4. The summed E-state index contributed by atoms with van der Waals surface area (Å²) in [4.78, 5) is 28.6. The number of carbonyl (C=O) groups is 1. The lowest BCUT2D eigenvalue weighted by molar-refractivity contribution is -0.146. The molecular weight excluding hydrogens is 567 g/mol. The van der Waals surface area contributed by atoms with E-state index in [1.165, 1.54) is 18.7 Å². The molecule has 2 fully saturated rings. The van der Waals surface area contributed by atoms with Gasteiger partial charge in [0.15, 0.2) is 11.5 Å². The van der Waals surface area contributed by atoms with E-state index in [4.69, 9.17) is 20.4 Å². The van der Waals surface area contributed by atoms with Crippen molar-refractivity contribution < 1.29 is 13.9 Å². The summed E-state index contributed by atoms with van der Waals surface area (Å²) in [6.45, 7) is 3.22. The third-order valence-electron chi connectivity index (χ3n) is 9.53. The van der Waals surface area contributed by atoms with Crippen molar-refractivity contribution in [1.82, 2.24) is 24.4 Å². The first-order chi connectivity index (χ1) is 22.0. The van der Waals surface area contributed by atoms with Crippen LogP contribution < -0.4 is 5.73 Å². The summed E-state index contributed by atoms with van der Waals surface area (Å²) < 4.78 is 21.7. The number of likely N-dealkylation sites (tertiary alicyclic amines) is 1. The molecule has 0 amide bonds. The van der Waals surface area contributed by atoms with Crippen molar-refractivity contribution in [3.8, 4) is 28.3 Å². The molecule has 1 aliphatic heterocycles. The molecule has 4 heterocycles. The molecule has 1 saturated heterocycles. The van der Waals surface area contributed by atoms with E-state index in [1.807, 2.05) is 28.8 Å². The number of esters is 1.